The van der Waals surface area contributed by atoms with E-state index >= 15 is 0 Å². The molecule has 1 saturated heterocycles. The van der Waals surface area contributed by atoms with E-state index in [1.54, 1.807) is 11.0 Å². The zero-order valence-corrected chi connectivity index (χ0v) is 16.4. The van der Waals surface area contributed by atoms with Crippen LogP contribution in [-0.2, 0) is 16.0 Å². The van der Waals surface area contributed by atoms with Gasteiger partial charge in [0.15, 0.2) is 0 Å². The van der Waals surface area contributed by atoms with Crippen LogP contribution in [0.2, 0.25) is 0 Å². The molecular formula is C19H26ClFN4O3. The van der Waals surface area contributed by atoms with E-state index in [1.807, 2.05) is 0 Å². The zero-order valence-electron chi connectivity index (χ0n) is 15.6. The Balaban J connectivity index is 0.00000280. The number of hydrogen-bond donors (Lipinski definition) is 3. The molecule has 154 valence electrons. The highest BCUT2D eigenvalue weighted by molar-refractivity contribution is 5.98. The van der Waals surface area contributed by atoms with Crippen LogP contribution in [0.4, 0.5) is 10.1 Å². The summed E-state index contributed by atoms with van der Waals surface area (Å²) in [7, 11) is 0. The Morgan fingerprint density at radius 2 is 2.07 bits per heavy atom. The minimum atomic E-state index is -0.641. The van der Waals surface area contributed by atoms with Gasteiger partial charge in [0, 0.05) is 44.2 Å². The third kappa shape index (κ3) is 4.99. The molecule has 0 bridgehead atoms. The summed E-state index contributed by atoms with van der Waals surface area (Å²) in [6.07, 6.45) is 3.62. The maximum absolute atomic E-state index is 14.6. The number of piperidine rings is 1. The van der Waals surface area contributed by atoms with Gasteiger partial charge < -0.3 is 21.3 Å². The largest absolute Gasteiger partial charge is 0.354 e. The number of rotatable bonds is 5. The third-order valence-electron chi connectivity index (χ3n) is 5.11. The predicted molar refractivity (Wildman–Crippen MR) is 106 cm³/mol. The van der Waals surface area contributed by atoms with E-state index in [0.717, 1.165) is 24.8 Å². The van der Waals surface area contributed by atoms with Gasteiger partial charge in [0.1, 0.15) is 5.82 Å². The summed E-state index contributed by atoms with van der Waals surface area (Å²) in [6, 6.07) is 2.61. The Labute approximate surface area is 169 Å². The molecule has 2 aliphatic heterocycles. The van der Waals surface area contributed by atoms with Crippen LogP contribution in [0.3, 0.4) is 0 Å². The molecular weight excluding hydrogens is 387 g/mol. The number of benzene rings is 1. The van der Waals surface area contributed by atoms with Gasteiger partial charge in [-0.2, -0.15) is 0 Å². The lowest BCUT2D eigenvalue weighted by Crippen LogP contribution is -2.49. The number of nitrogens with two attached hydrogens (primary N) is 1. The molecule has 1 aromatic rings. The number of anilines is 1. The topological polar surface area (TPSA) is 105 Å². The quantitative estimate of drug-likeness (QED) is 0.683. The van der Waals surface area contributed by atoms with Gasteiger partial charge in [-0.05, 0) is 43.4 Å². The number of carbonyl (C=O) groups is 3. The molecule has 0 spiro atoms. The molecule has 0 radical (unpaired) electrons. The molecule has 1 fully saturated rings. The summed E-state index contributed by atoms with van der Waals surface area (Å²) in [5, 5.41) is 5.44. The summed E-state index contributed by atoms with van der Waals surface area (Å²) in [4.78, 5) is 37.8. The van der Waals surface area contributed by atoms with E-state index < -0.39 is 5.82 Å². The molecule has 2 aliphatic rings. The molecule has 9 heteroatoms. The molecule has 3 rings (SSSR count). The highest BCUT2D eigenvalue weighted by atomic mass is 35.5. The van der Waals surface area contributed by atoms with Crippen molar-refractivity contribution in [1.82, 2.24) is 10.2 Å². The maximum atomic E-state index is 14.6. The van der Waals surface area contributed by atoms with Gasteiger partial charge in [-0.1, -0.05) is 0 Å². The second kappa shape index (κ2) is 9.84. The fourth-order valence-electron chi connectivity index (χ4n) is 3.65. The van der Waals surface area contributed by atoms with Gasteiger partial charge >= 0.3 is 0 Å². The highest BCUT2D eigenvalue weighted by Crippen LogP contribution is 2.28. The molecule has 0 aliphatic carbocycles. The van der Waals surface area contributed by atoms with Crippen molar-refractivity contribution in [2.75, 3.05) is 25.0 Å². The Morgan fingerprint density at radius 3 is 2.82 bits per heavy atom. The fraction of sp³-hybridized carbons (Fsp3) is 0.526. The smallest absolute Gasteiger partial charge is 0.257 e. The molecule has 1 atom stereocenters. The average molecular weight is 413 g/mol. The monoisotopic (exact) mass is 412 g/mol. The van der Waals surface area contributed by atoms with Crippen LogP contribution >= 0.6 is 12.4 Å². The van der Waals surface area contributed by atoms with Gasteiger partial charge in [0.25, 0.3) is 5.91 Å². The van der Waals surface area contributed by atoms with Crippen molar-refractivity contribution in [3.63, 3.8) is 0 Å². The average Bonchev–Trinajstić information content (AvgIpc) is 2.65. The lowest BCUT2D eigenvalue weighted by atomic mass is 9.97. The first-order valence-electron chi connectivity index (χ1n) is 9.39. The first-order valence-corrected chi connectivity index (χ1v) is 9.39. The number of aryl methyl sites for hydroxylation is 1. The van der Waals surface area contributed by atoms with Gasteiger partial charge in [0.05, 0.1) is 5.56 Å². The van der Waals surface area contributed by atoms with E-state index in [9.17, 15) is 18.8 Å². The van der Waals surface area contributed by atoms with E-state index in [1.165, 1.54) is 6.07 Å². The molecule has 0 aromatic heterocycles. The zero-order chi connectivity index (χ0) is 19.4. The molecule has 7 nitrogen and oxygen atoms in total. The predicted octanol–water partition coefficient (Wildman–Crippen LogP) is 1.59. The number of halogens is 2. The third-order valence-corrected chi connectivity index (χ3v) is 5.11. The van der Waals surface area contributed by atoms with Crippen molar-refractivity contribution in [2.45, 2.75) is 44.6 Å². The number of fused-ring (bicyclic) bond motifs is 1. The summed E-state index contributed by atoms with van der Waals surface area (Å²) >= 11 is 0. The normalized spacial score (nSPS) is 18.6. The van der Waals surface area contributed by atoms with Crippen molar-refractivity contribution < 1.29 is 18.8 Å². The van der Waals surface area contributed by atoms with Crippen LogP contribution in [0.25, 0.3) is 0 Å². The van der Waals surface area contributed by atoms with Gasteiger partial charge in [-0.3, -0.25) is 14.4 Å². The first kappa shape index (κ1) is 22.1. The van der Waals surface area contributed by atoms with Crippen LogP contribution in [0.1, 0.15) is 48.0 Å². The Bertz CT molecular complexity index is 759. The summed E-state index contributed by atoms with van der Waals surface area (Å²) in [5.74, 6) is -1.31. The van der Waals surface area contributed by atoms with Crippen molar-refractivity contribution in [1.29, 1.82) is 0 Å². The maximum Gasteiger partial charge on any atom is 0.257 e. The lowest BCUT2D eigenvalue weighted by Gasteiger charge is -2.36. The van der Waals surface area contributed by atoms with Gasteiger partial charge in [0.2, 0.25) is 11.8 Å². The number of nitrogens with zero attached hydrogens (tertiary/aromatic N) is 1. The van der Waals surface area contributed by atoms with Crippen molar-refractivity contribution >= 4 is 35.8 Å². The molecule has 3 amide bonds. The molecule has 28 heavy (non-hydrogen) atoms. The van der Waals surface area contributed by atoms with E-state index in [-0.39, 0.29) is 54.7 Å². The van der Waals surface area contributed by atoms with Gasteiger partial charge in [-0.15, -0.1) is 12.4 Å². The van der Waals surface area contributed by atoms with Crippen LogP contribution in [0, 0.1) is 5.82 Å². The van der Waals surface area contributed by atoms with E-state index in [4.69, 9.17) is 5.73 Å². The lowest BCUT2D eigenvalue weighted by molar-refractivity contribution is -0.121. The Kier molecular flexibility index (Phi) is 7.77. The summed E-state index contributed by atoms with van der Waals surface area (Å²) in [6.45, 7) is 1.15. The van der Waals surface area contributed by atoms with Crippen LogP contribution in [-0.4, -0.2) is 48.3 Å². The minimum absolute atomic E-state index is 0. The van der Waals surface area contributed by atoms with Crippen LogP contribution in [0.5, 0.6) is 0 Å². The SMILES string of the molecule is Cl.NCCC(=O)NCC1CCCCN1C(=O)c1cc2c(cc1F)NC(=O)CC2. The van der Waals surface area contributed by atoms with Crippen molar-refractivity contribution in [3.8, 4) is 0 Å². The van der Waals surface area contributed by atoms with Crippen molar-refractivity contribution in [2.24, 2.45) is 5.73 Å². The molecule has 1 aromatic carbocycles. The molecule has 4 N–H and O–H groups in total. The summed E-state index contributed by atoms with van der Waals surface area (Å²) < 4.78 is 14.6. The Morgan fingerprint density at radius 1 is 1.29 bits per heavy atom. The molecule has 0 saturated carbocycles. The van der Waals surface area contributed by atoms with Crippen LogP contribution in [0.15, 0.2) is 12.1 Å². The minimum Gasteiger partial charge on any atom is -0.354 e. The second-order valence-corrected chi connectivity index (χ2v) is 7.03. The number of hydrogen-bond acceptors (Lipinski definition) is 4. The Hall–Kier alpha value is -2.19. The first-order chi connectivity index (χ1) is 13.0. The van der Waals surface area contributed by atoms with Crippen LogP contribution < -0.4 is 16.4 Å². The molecule has 1 unspecified atom stereocenters. The van der Waals surface area contributed by atoms with Gasteiger partial charge in [-0.25, -0.2) is 4.39 Å². The number of carbonyl (C=O) groups excluding carboxylic acids is 3. The van der Waals surface area contributed by atoms with E-state index in [0.29, 0.717) is 31.6 Å². The summed E-state index contributed by atoms with van der Waals surface area (Å²) in [5.41, 5.74) is 6.60. The highest BCUT2D eigenvalue weighted by Gasteiger charge is 2.30. The second-order valence-electron chi connectivity index (χ2n) is 7.03. The standard InChI is InChI=1S/C19H25FN4O3.ClH/c20-15-10-16-12(4-5-18(26)23-16)9-14(15)19(27)24-8-2-1-3-13(24)11-22-17(25)6-7-21;/h9-10,13H,1-8,11,21H2,(H,22,25)(H,23,26);1H. The van der Waals surface area contributed by atoms with E-state index in [2.05, 4.69) is 10.6 Å². The van der Waals surface area contributed by atoms with Crippen molar-refractivity contribution in [3.05, 3.63) is 29.1 Å². The number of amides is 3. The molecule has 2 heterocycles. The number of likely N-dealkylation sites (tertiary alicyclic amines) is 1. The number of nitrogens with one attached hydrogen (secondary N) is 2. The fourth-order valence-corrected chi connectivity index (χ4v) is 3.65.